The molecule has 0 spiro atoms. The number of carbonyl (C=O) groups is 1. The Kier molecular flexibility index (Phi) is 5.34. The zero-order valence-corrected chi connectivity index (χ0v) is 16.2. The van der Waals surface area contributed by atoms with Crippen LogP contribution in [-0.4, -0.2) is 40.2 Å². The lowest BCUT2D eigenvalue weighted by Gasteiger charge is -2.29. The number of thioether (sulfide) groups is 1. The van der Waals surface area contributed by atoms with E-state index in [0.29, 0.717) is 34.8 Å². The van der Waals surface area contributed by atoms with Crippen LogP contribution in [-0.2, 0) is 6.61 Å². The smallest absolute Gasteiger partial charge is 0.273 e. The number of benzene rings is 2. The maximum absolute atomic E-state index is 13.6. The lowest BCUT2D eigenvalue weighted by molar-refractivity contribution is 0.0952. The number of nitrogens with zero attached hydrogens (tertiary/aromatic N) is 4. The molecule has 150 valence electrons. The molecule has 0 bridgehead atoms. The van der Waals surface area contributed by atoms with Crippen molar-refractivity contribution in [3.63, 3.8) is 0 Å². The lowest BCUT2D eigenvalue weighted by atomic mass is 10.2. The molecule has 3 aromatic rings. The summed E-state index contributed by atoms with van der Waals surface area (Å²) in [4.78, 5) is 12.9. The van der Waals surface area contributed by atoms with Gasteiger partial charge in [0.25, 0.3) is 5.91 Å². The summed E-state index contributed by atoms with van der Waals surface area (Å²) in [5.41, 5.74) is -0.0892. The summed E-state index contributed by atoms with van der Waals surface area (Å²) in [6, 6.07) is 9.80. The van der Waals surface area contributed by atoms with Crippen molar-refractivity contribution in [3.05, 3.63) is 65.5 Å². The Balaban J connectivity index is 1.60. The van der Waals surface area contributed by atoms with E-state index in [4.69, 9.17) is 9.47 Å². The Morgan fingerprint density at radius 1 is 1.14 bits per heavy atom. The van der Waals surface area contributed by atoms with Crippen LogP contribution in [0.4, 0.5) is 8.78 Å². The molecule has 1 aliphatic heterocycles. The first-order chi connectivity index (χ1) is 14.0. The molecule has 0 saturated heterocycles. The van der Waals surface area contributed by atoms with Crippen molar-refractivity contribution in [1.82, 2.24) is 14.9 Å². The minimum Gasteiger partial charge on any atom is -0.497 e. The monoisotopic (exact) mass is 418 g/mol. The van der Waals surface area contributed by atoms with E-state index in [1.54, 1.807) is 31.4 Å². The Bertz CT molecular complexity index is 1040. The van der Waals surface area contributed by atoms with E-state index in [9.17, 15) is 13.6 Å². The van der Waals surface area contributed by atoms with Gasteiger partial charge in [-0.25, -0.2) is 18.5 Å². The summed E-state index contributed by atoms with van der Waals surface area (Å²) in [6.07, 6.45) is 0. The van der Waals surface area contributed by atoms with Gasteiger partial charge in [0, 0.05) is 23.4 Å². The number of methoxy groups -OCH3 is 1. The average molecular weight is 418 g/mol. The van der Waals surface area contributed by atoms with Crippen molar-refractivity contribution < 1.29 is 23.0 Å². The van der Waals surface area contributed by atoms with Crippen LogP contribution in [0.15, 0.2) is 47.6 Å². The van der Waals surface area contributed by atoms with E-state index < -0.39 is 17.5 Å². The molecule has 0 unspecified atom stereocenters. The largest absolute Gasteiger partial charge is 0.497 e. The summed E-state index contributed by atoms with van der Waals surface area (Å²) >= 11 is 1.43. The van der Waals surface area contributed by atoms with Gasteiger partial charge >= 0.3 is 0 Å². The van der Waals surface area contributed by atoms with Gasteiger partial charge in [-0.1, -0.05) is 17.8 Å². The van der Waals surface area contributed by atoms with Crippen LogP contribution in [0, 0.1) is 11.6 Å². The van der Waals surface area contributed by atoms with Crippen LogP contribution in [0.2, 0.25) is 0 Å². The van der Waals surface area contributed by atoms with Crippen LogP contribution in [0.1, 0.15) is 16.2 Å². The van der Waals surface area contributed by atoms with E-state index in [1.165, 1.54) is 21.4 Å². The number of fused-ring (bicyclic) bond motifs is 1. The van der Waals surface area contributed by atoms with Gasteiger partial charge in [-0.15, -0.1) is 10.2 Å². The van der Waals surface area contributed by atoms with Crippen LogP contribution in [0.25, 0.3) is 0 Å². The van der Waals surface area contributed by atoms with Crippen LogP contribution < -0.4 is 14.5 Å². The van der Waals surface area contributed by atoms with Gasteiger partial charge < -0.3 is 9.47 Å². The highest BCUT2D eigenvalue weighted by molar-refractivity contribution is 7.99. The van der Waals surface area contributed by atoms with Gasteiger partial charge in [0.1, 0.15) is 29.7 Å². The zero-order chi connectivity index (χ0) is 20.4. The highest BCUT2D eigenvalue weighted by Crippen LogP contribution is 2.25. The minimum absolute atomic E-state index is 0.0437. The summed E-state index contributed by atoms with van der Waals surface area (Å²) in [5.74, 6) is 0.00280. The van der Waals surface area contributed by atoms with Crippen molar-refractivity contribution in [2.24, 2.45) is 0 Å². The molecule has 1 amide bonds. The summed E-state index contributed by atoms with van der Waals surface area (Å²) < 4.78 is 39.6. The lowest BCUT2D eigenvalue weighted by Crippen LogP contribution is -2.45. The van der Waals surface area contributed by atoms with Gasteiger partial charge in [-0.3, -0.25) is 4.79 Å². The topological polar surface area (TPSA) is 69.5 Å². The Morgan fingerprint density at radius 2 is 1.90 bits per heavy atom. The van der Waals surface area contributed by atoms with Crippen molar-refractivity contribution in [3.8, 4) is 11.5 Å². The Labute approximate surface area is 169 Å². The molecule has 0 radical (unpaired) electrons. The average Bonchev–Trinajstić information content (AvgIpc) is 3.14. The summed E-state index contributed by atoms with van der Waals surface area (Å²) in [5, 5.41) is 10.1. The Hall–Kier alpha value is -3.14. The molecule has 0 aliphatic carbocycles. The maximum atomic E-state index is 13.6. The third kappa shape index (κ3) is 4.02. The molecule has 1 aliphatic rings. The minimum atomic E-state index is -0.815. The third-order valence-electron chi connectivity index (χ3n) is 4.21. The first kappa shape index (κ1) is 19.2. The molecule has 1 aromatic heterocycles. The second-order valence-electron chi connectivity index (χ2n) is 6.11. The number of ether oxygens (including phenoxy) is 2. The van der Waals surface area contributed by atoms with Crippen LogP contribution >= 0.6 is 11.8 Å². The molecule has 0 saturated carbocycles. The van der Waals surface area contributed by atoms with Crippen molar-refractivity contribution >= 4 is 17.7 Å². The second kappa shape index (κ2) is 8.08. The Morgan fingerprint density at radius 3 is 2.66 bits per heavy atom. The van der Waals surface area contributed by atoms with Crippen LogP contribution in [0.5, 0.6) is 11.5 Å². The predicted octanol–water partition coefficient (Wildman–Crippen LogP) is 3.03. The highest BCUT2D eigenvalue weighted by Gasteiger charge is 2.29. The van der Waals surface area contributed by atoms with E-state index in [0.717, 1.165) is 18.2 Å². The van der Waals surface area contributed by atoms with Crippen molar-refractivity contribution in [1.29, 1.82) is 0 Å². The molecule has 29 heavy (non-hydrogen) atoms. The number of carbonyl (C=O) groups excluding carboxylic acids is 1. The third-order valence-corrected chi connectivity index (χ3v) is 5.10. The van der Waals surface area contributed by atoms with E-state index in [1.807, 2.05) is 0 Å². The van der Waals surface area contributed by atoms with Crippen molar-refractivity contribution in [2.75, 3.05) is 24.4 Å². The first-order valence-electron chi connectivity index (χ1n) is 8.67. The van der Waals surface area contributed by atoms with Gasteiger partial charge in [0.2, 0.25) is 5.16 Å². The number of rotatable bonds is 5. The molecular weight excluding hydrogens is 402 g/mol. The molecule has 4 rings (SSSR count). The number of aromatic nitrogens is 3. The number of amides is 1. The molecule has 0 N–H and O–H groups in total. The van der Waals surface area contributed by atoms with Gasteiger partial charge in [0.15, 0.2) is 5.82 Å². The van der Waals surface area contributed by atoms with E-state index >= 15 is 0 Å². The molecule has 2 heterocycles. The zero-order valence-electron chi connectivity index (χ0n) is 15.3. The molecule has 0 fully saturated rings. The fourth-order valence-corrected chi connectivity index (χ4v) is 3.77. The maximum Gasteiger partial charge on any atom is 0.273 e. The molecule has 0 atom stereocenters. The number of hydrogen-bond donors (Lipinski definition) is 0. The number of halogens is 2. The molecular formula is C19H16F2N4O3S. The summed E-state index contributed by atoms with van der Waals surface area (Å²) in [7, 11) is 1.56. The quantitative estimate of drug-likeness (QED) is 0.635. The number of hydrogen-bond acceptors (Lipinski definition) is 6. The standard InChI is InChI=1S/C19H16F2N4O3S/c1-27-15-3-2-4-16(10-15)28-11-17-22-23-19-25(17)24(5-6-29-19)18(26)12-7-13(20)9-14(21)8-12/h2-4,7-10H,5-6,11H2,1H3. The molecule has 7 nitrogen and oxygen atoms in total. The molecule has 2 aromatic carbocycles. The van der Waals surface area contributed by atoms with Crippen molar-refractivity contribution in [2.45, 2.75) is 11.8 Å². The summed E-state index contributed by atoms with van der Waals surface area (Å²) in [6.45, 7) is 0.376. The van der Waals surface area contributed by atoms with Gasteiger partial charge in [-0.05, 0) is 24.3 Å². The SMILES string of the molecule is COc1cccc(OCc2nnc3n2N(C(=O)c2cc(F)cc(F)c2)CCS3)c1. The fourth-order valence-electron chi connectivity index (χ4n) is 2.90. The van der Waals surface area contributed by atoms with Crippen LogP contribution in [0.3, 0.4) is 0 Å². The first-order valence-corrected chi connectivity index (χ1v) is 9.66. The predicted molar refractivity (Wildman–Crippen MR) is 102 cm³/mol. The van der Waals surface area contributed by atoms with Gasteiger partial charge in [-0.2, -0.15) is 0 Å². The highest BCUT2D eigenvalue weighted by atomic mass is 32.2. The van der Waals surface area contributed by atoms with Gasteiger partial charge in [0.05, 0.1) is 13.7 Å². The van der Waals surface area contributed by atoms with E-state index in [2.05, 4.69) is 10.2 Å². The fraction of sp³-hybridized carbons (Fsp3) is 0.211. The second-order valence-corrected chi connectivity index (χ2v) is 7.18. The normalized spacial score (nSPS) is 13.1. The molecule has 10 heteroatoms. The van der Waals surface area contributed by atoms with E-state index in [-0.39, 0.29) is 12.2 Å².